The molecule has 4 nitrogen and oxygen atoms in total. The van der Waals surface area contributed by atoms with Crippen molar-refractivity contribution in [2.75, 3.05) is 6.61 Å². The Kier molecular flexibility index (Phi) is 5.31. The van der Waals surface area contributed by atoms with Gasteiger partial charge in [-0.25, -0.2) is 14.0 Å². The number of carbonyl (C=O) groups is 2. The number of benzene rings is 3. The van der Waals surface area contributed by atoms with Gasteiger partial charge in [0.15, 0.2) is 11.6 Å². The van der Waals surface area contributed by atoms with Gasteiger partial charge in [0.1, 0.15) is 0 Å². The lowest BCUT2D eigenvalue weighted by Gasteiger charge is -2.10. The van der Waals surface area contributed by atoms with Gasteiger partial charge in [0.2, 0.25) is 0 Å². The van der Waals surface area contributed by atoms with Gasteiger partial charge in [-0.05, 0) is 33.9 Å². The zero-order valence-corrected chi connectivity index (χ0v) is 14.5. The molecule has 0 aromatic heterocycles. The highest BCUT2D eigenvalue weighted by Gasteiger charge is 2.13. The van der Waals surface area contributed by atoms with Crippen LogP contribution in [0.25, 0.3) is 21.5 Å². The molecule has 0 radical (unpaired) electrons. The van der Waals surface area contributed by atoms with Crippen molar-refractivity contribution in [3.8, 4) is 5.75 Å². The fourth-order valence-corrected chi connectivity index (χ4v) is 2.85. The van der Waals surface area contributed by atoms with E-state index >= 15 is 0 Å². The third-order valence-corrected chi connectivity index (χ3v) is 4.16. The molecular formula is C22H17FO4. The van der Waals surface area contributed by atoms with E-state index in [4.69, 9.17) is 9.47 Å². The fraction of sp³-hybridized carbons (Fsp3) is 0.0909. The average Bonchev–Trinajstić information content (AvgIpc) is 2.69. The van der Waals surface area contributed by atoms with Crippen LogP contribution in [0.4, 0.5) is 4.39 Å². The minimum absolute atomic E-state index is 0.132. The molecule has 0 atom stereocenters. The molecule has 5 heteroatoms. The molecule has 3 aromatic carbocycles. The SMILES string of the molecule is C=CC(=O)OCCc1ccc2c(ccc3c(F)c(OC(=O)C=C)ccc32)c1. The number of fused-ring (bicyclic) bond motifs is 3. The number of rotatable bonds is 6. The van der Waals surface area contributed by atoms with Gasteiger partial charge in [0.05, 0.1) is 6.61 Å². The summed E-state index contributed by atoms with van der Waals surface area (Å²) >= 11 is 0. The first-order valence-electron chi connectivity index (χ1n) is 8.31. The summed E-state index contributed by atoms with van der Waals surface area (Å²) < 4.78 is 24.6. The molecule has 27 heavy (non-hydrogen) atoms. The van der Waals surface area contributed by atoms with E-state index in [1.165, 1.54) is 6.07 Å². The maximum atomic E-state index is 14.7. The highest BCUT2D eigenvalue weighted by atomic mass is 19.1. The summed E-state index contributed by atoms with van der Waals surface area (Å²) in [5.74, 6) is -1.89. The summed E-state index contributed by atoms with van der Waals surface area (Å²) in [6.45, 7) is 6.92. The molecule has 0 aliphatic rings. The summed E-state index contributed by atoms with van der Waals surface area (Å²) in [7, 11) is 0. The Labute approximate surface area is 155 Å². The first-order valence-corrected chi connectivity index (χ1v) is 8.31. The summed E-state index contributed by atoms with van der Waals surface area (Å²) in [6.07, 6.45) is 2.68. The summed E-state index contributed by atoms with van der Waals surface area (Å²) in [5.41, 5.74) is 0.996. The van der Waals surface area contributed by atoms with Gasteiger partial charge < -0.3 is 9.47 Å². The van der Waals surface area contributed by atoms with Crippen molar-refractivity contribution in [1.82, 2.24) is 0 Å². The highest BCUT2D eigenvalue weighted by molar-refractivity contribution is 6.08. The molecule has 0 heterocycles. The molecule has 0 saturated carbocycles. The van der Waals surface area contributed by atoms with Crippen LogP contribution in [0.5, 0.6) is 5.75 Å². The Morgan fingerprint density at radius 3 is 2.37 bits per heavy atom. The van der Waals surface area contributed by atoms with Crippen LogP contribution in [0.1, 0.15) is 5.56 Å². The number of carbonyl (C=O) groups excluding carboxylic acids is 2. The Balaban J connectivity index is 1.93. The Morgan fingerprint density at radius 1 is 0.926 bits per heavy atom. The fourth-order valence-electron chi connectivity index (χ4n) is 2.85. The molecule has 3 rings (SSSR count). The Morgan fingerprint density at radius 2 is 1.63 bits per heavy atom. The minimum Gasteiger partial charge on any atom is -0.462 e. The lowest BCUT2D eigenvalue weighted by Crippen LogP contribution is -2.05. The van der Waals surface area contributed by atoms with Gasteiger partial charge in [-0.15, -0.1) is 0 Å². The van der Waals surface area contributed by atoms with Crippen molar-refractivity contribution in [2.45, 2.75) is 6.42 Å². The smallest absolute Gasteiger partial charge is 0.335 e. The molecular weight excluding hydrogens is 347 g/mol. The quantitative estimate of drug-likeness (QED) is 0.280. The molecule has 0 amide bonds. The molecule has 3 aromatic rings. The highest BCUT2D eigenvalue weighted by Crippen LogP contribution is 2.32. The van der Waals surface area contributed by atoms with E-state index in [2.05, 4.69) is 13.2 Å². The van der Waals surface area contributed by atoms with E-state index in [9.17, 15) is 14.0 Å². The van der Waals surface area contributed by atoms with Gasteiger partial charge in [-0.2, -0.15) is 0 Å². The van der Waals surface area contributed by atoms with Gasteiger partial charge in [-0.1, -0.05) is 43.5 Å². The van der Waals surface area contributed by atoms with Gasteiger partial charge in [0, 0.05) is 24.0 Å². The van der Waals surface area contributed by atoms with E-state index in [-0.39, 0.29) is 12.4 Å². The van der Waals surface area contributed by atoms with Crippen molar-refractivity contribution < 1.29 is 23.5 Å². The molecule has 0 N–H and O–H groups in total. The van der Waals surface area contributed by atoms with E-state index in [1.54, 1.807) is 18.2 Å². The number of esters is 2. The second-order valence-corrected chi connectivity index (χ2v) is 5.84. The molecule has 136 valence electrons. The molecule has 0 aliphatic heterocycles. The normalized spacial score (nSPS) is 10.6. The molecule has 0 fully saturated rings. The molecule has 0 saturated heterocycles. The van der Waals surface area contributed by atoms with Crippen LogP contribution >= 0.6 is 0 Å². The maximum absolute atomic E-state index is 14.7. The van der Waals surface area contributed by atoms with E-state index in [0.29, 0.717) is 17.2 Å². The maximum Gasteiger partial charge on any atom is 0.335 e. The summed E-state index contributed by atoms with van der Waals surface area (Å²) in [4.78, 5) is 22.4. The lowest BCUT2D eigenvalue weighted by atomic mass is 9.99. The minimum atomic E-state index is -0.712. The molecule has 0 bridgehead atoms. The van der Waals surface area contributed by atoms with E-state index in [1.807, 2.05) is 18.2 Å². The van der Waals surface area contributed by atoms with Crippen molar-refractivity contribution in [3.05, 3.63) is 79.2 Å². The number of hydrogen-bond acceptors (Lipinski definition) is 4. The molecule has 0 unspecified atom stereocenters. The Hall–Kier alpha value is -3.47. The van der Waals surface area contributed by atoms with E-state index < -0.39 is 17.8 Å². The first kappa shape index (κ1) is 18.3. The zero-order chi connectivity index (χ0) is 19.4. The van der Waals surface area contributed by atoms with Crippen molar-refractivity contribution in [2.24, 2.45) is 0 Å². The van der Waals surface area contributed by atoms with Gasteiger partial charge >= 0.3 is 11.9 Å². The summed E-state index contributed by atoms with van der Waals surface area (Å²) in [5, 5.41) is 2.89. The second-order valence-electron chi connectivity index (χ2n) is 5.84. The summed E-state index contributed by atoms with van der Waals surface area (Å²) in [6, 6.07) is 12.4. The van der Waals surface area contributed by atoms with Gasteiger partial charge in [-0.3, -0.25) is 0 Å². The third kappa shape index (κ3) is 3.87. The average molecular weight is 364 g/mol. The second kappa shape index (κ2) is 7.83. The first-order chi connectivity index (χ1) is 13.0. The van der Waals surface area contributed by atoms with Crippen molar-refractivity contribution in [1.29, 1.82) is 0 Å². The lowest BCUT2D eigenvalue weighted by molar-refractivity contribution is -0.137. The van der Waals surface area contributed by atoms with Crippen molar-refractivity contribution >= 4 is 33.5 Å². The largest absolute Gasteiger partial charge is 0.462 e. The molecule has 0 aliphatic carbocycles. The van der Waals surface area contributed by atoms with Crippen LogP contribution in [0, 0.1) is 5.82 Å². The predicted molar refractivity (Wildman–Crippen MR) is 102 cm³/mol. The number of hydrogen-bond donors (Lipinski definition) is 0. The van der Waals surface area contributed by atoms with Gasteiger partial charge in [0.25, 0.3) is 0 Å². The zero-order valence-electron chi connectivity index (χ0n) is 14.5. The van der Waals surface area contributed by atoms with E-state index in [0.717, 1.165) is 28.5 Å². The van der Waals surface area contributed by atoms with Crippen molar-refractivity contribution in [3.63, 3.8) is 0 Å². The molecule has 0 spiro atoms. The topological polar surface area (TPSA) is 52.6 Å². The van der Waals surface area contributed by atoms with Crippen LogP contribution in [-0.2, 0) is 20.7 Å². The predicted octanol–water partition coefficient (Wildman–Crippen LogP) is 4.50. The standard InChI is InChI=1S/C22H17FO4/c1-3-20(24)26-12-11-14-5-7-16-15(13-14)6-8-18-17(16)9-10-19(22(18)23)27-21(25)4-2/h3-10,13H,1-2,11-12H2. The monoisotopic (exact) mass is 364 g/mol. The number of ether oxygens (including phenoxy) is 2. The van der Waals surface area contributed by atoms with Crippen LogP contribution in [0.2, 0.25) is 0 Å². The third-order valence-electron chi connectivity index (χ3n) is 4.16. The van der Waals surface area contributed by atoms with Crippen LogP contribution in [0.15, 0.2) is 67.8 Å². The number of halogens is 1. The van der Waals surface area contributed by atoms with Crippen LogP contribution in [0.3, 0.4) is 0 Å². The Bertz CT molecular complexity index is 1070. The van der Waals surface area contributed by atoms with Crippen LogP contribution < -0.4 is 4.74 Å². The van der Waals surface area contributed by atoms with Crippen LogP contribution in [-0.4, -0.2) is 18.5 Å².